The summed E-state index contributed by atoms with van der Waals surface area (Å²) in [7, 11) is 3.13. The van der Waals surface area contributed by atoms with Crippen LogP contribution in [0.5, 0.6) is 5.75 Å². The largest absolute Gasteiger partial charge is 0.497 e. The third-order valence-electron chi connectivity index (χ3n) is 4.24. The third kappa shape index (κ3) is 5.62. The van der Waals surface area contributed by atoms with Crippen LogP contribution in [-0.2, 0) is 22.6 Å². The SMILES string of the molecule is CNC(=O)[C@@H](C)N(Cc1cccc(OC)c1)C(=O)Cc1ccc(Cl)c(Cl)c1. The Labute approximate surface area is 169 Å². The number of methoxy groups -OCH3 is 1. The molecule has 1 N–H and O–H groups in total. The zero-order valence-electron chi connectivity index (χ0n) is 15.5. The second-order valence-corrected chi connectivity index (χ2v) is 6.90. The molecule has 2 amide bonds. The summed E-state index contributed by atoms with van der Waals surface area (Å²) in [4.78, 5) is 26.7. The van der Waals surface area contributed by atoms with E-state index >= 15 is 0 Å². The van der Waals surface area contributed by atoms with Gasteiger partial charge >= 0.3 is 0 Å². The van der Waals surface area contributed by atoms with Gasteiger partial charge in [0.1, 0.15) is 11.8 Å². The molecule has 144 valence electrons. The van der Waals surface area contributed by atoms with Crippen LogP contribution in [0.1, 0.15) is 18.1 Å². The van der Waals surface area contributed by atoms with Crippen LogP contribution in [0.4, 0.5) is 0 Å². The van der Waals surface area contributed by atoms with E-state index in [1.807, 2.05) is 24.3 Å². The lowest BCUT2D eigenvalue weighted by molar-refractivity contribution is -0.139. The van der Waals surface area contributed by atoms with Crippen LogP contribution in [-0.4, -0.2) is 36.9 Å². The van der Waals surface area contributed by atoms with Gasteiger partial charge in [0.2, 0.25) is 11.8 Å². The van der Waals surface area contributed by atoms with Gasteiger partial charge in [0.25, 0.3) is 0 Å². The number of carbonyl (C=O) groups excluding carboxylic acids is 2. The molecule has 7 heteroatoms. The van der Waals surface area contributed by atoms with Crippen LogP contribution in [0.25, 0.3) is 0 Å². The van der Waals surface area contributed by atoms with Crippen molar-refractivity contribution in [2.75, 3.05) is 14.2 Å². The molecule has 0 bridgehead atoms. The number of hydrogen-bond acceptors (Lipinski definition) is 3. The zero-order valence-corrected chi connectivity index (χ0v) is 17.0. The van der Waals surface area contributed by atoms with Gasteiger partial charge in [-0.25, -0.2) is 0 Å². The summed E-state index contributed by atoms with van der Waals surface area (Å²) in [5.74, 6) is 0.268. The van der Waals surface area contributed by atoms with Gasteiger partial charge in [-0.3, -0.25) is 9.59 Å². The Bertz CT molecular complexity index is 827. The number of nitrogens with zero attached hydrogens (tertiary/aromatic N) is 1. The molecule has 0 heterocycles. The number of likely N-dealkylation sites (N-methyl/N-ethyl adjacent to an activating group) is 1. The topological polar surface area (TPSA) is 58.6 Å². The quantitative estimate of drug-likeness (QED) is 0.759. The molecule has 0 aliphatic heterocycles. The van der Waals surface area contributed by atoms with Crippen molar-refractivity contribution in [1.29, 1.82) is 0 Å². The van der Waals surface area contributed by atoms with Crippen molar-refractivity contribution >= 4 is 35.0 Å². The van der Waals surface area contributed by atoms with Crippen molar-refractivity contribution < 1.29 is 14.3 Å². The lowest BCUT2D eigenvalue weighted by atomic mass is 10.1. The van der Waals surface area contributed by atoms with Crippen molar-refractivity contribution in [2.24, 2.45) is 0 Å². The van der Waals surface area contributed by atoms with E-state index in [-0.39, 0.29) is 24.8 Å². The van der Waals surface area contributed by atoms with E-state index in [1.54, 1.807) is 39.3 Å². The smallest absolute Gasteiger partial charge is 0.242 e. The fraction of sp³-hybridized carbons (Fsp3) is 0.300. The molecule has 2 aromatic rings. The first-order valence-corrected chi connectivity index (χ1v) is 9.19. The van der Waals surface area contributed by atoms with Crippen molar-refractivity contribution in [3.05, 3.63) is 63.6 Å². The van der Waals surface area contributed by atoms with E-state index in [0.717, 1.165) is 11.1 Å². The Morgan fingerprint density at radius 2 is 1.85 bits per heavy atom. The van der Waals surface area contributed by atoms with Crippen molar-refractivity contribution in [3.63, 3.8) is 0 Å². The highest BCUT2D eigenvalue weighted by Crippen LogP contribution is 2.23. The summed E-state index contributed by atoms with van der Waals surface area (Å²) in [5, 5.41) is 3.41. The number of rotatable bonds is 7. The van der Waals surface area contributed by atoms with E-state index in [0.29, 0.717) is 15.8 Å². The minimum Gasteiger partial charge on any atom is -0.497 e. The molecule has 5 nitrogen and oxygen atoms in total. The molecule has 0 saturated heterocycles. The van der Waals surface area contributed by atoms with Gasteiger partial charge in [0, 0.05) is 13.6 Å². The Balaban J connectivity index is 2.26. The molecular formula is C20H22Cl2N2O3. The standard InChI is InChI=1S/C20H22Cl2N2O3/c1-13(20(26)23-2)24(12-15-5-4-6-16(9-15)27-3)19(25)11-14-7-8-17(21)18(22)10-14/h4-10,13H,11-12H2,1-3H3,(H,23,26)/t13-/m1/s1. The average molecular weight is 409 g/mol. The maximum atomic E-state index is 13.0. The van der Waals surface area contributed by atoms with E-state index in [2.05, 4.69) is 5.32 Å². The average Bonchev–Trinajstić information content (AvgIpc) is 2.67. The number of nitrogens with one attached hydrogen (secondary N) is 1. The van der Waals surface area contributed by atoms with E-state index < -0.39 is 6.04 Å². The van der Waals surface area contributed by atoms with E-state index in [9.17, 15) is 9.59 Å². The highest BCUT2D eigenvalue weighted by Gasteiger charge is 2.25. The van der Waals surface area contributed by atoms with Crippen LogP contribution in [0, 0.1) is 0 Å². The van der Waals surface area contributed by atoms with Crippen LogP contribution < -0.4 is 10.1 Å². The Hall–Kier alpha value is -2.24. The third-order valence-corrected chi connectivity index (χ3v) is 4.98. The van der Waals surface area contributed by atoms with Gasteiger partial charge in [0.15, 0.2) is 0 Å². The van der Waals surface area contributed by atoms with E-state index in [1.165, 1.54) is 4.90 Å². The van der Waals surface area contributed by atoms with Gasteiger partial charge in [-0.1, -0.05) is 41.4 Å². The Kier molecular flexibility index (Phi) is 7.51. The molecule has 2 aromatic carbocycles. The maximum absolute atomic E-state index is 13.0. The molecule has 0 aliphatic carbocycles. The summed E-state index contributed by atoms with van der Waals surface area (Å²) in [6, 6.07) is 11.8. The lowest BCUT2D eigenvalue weighted by Gasteiger charge is -2.28. The predicted molar refractivity (Wildman–Crippen MR) is 107 cm³/mol. The van der Waals surface area contributed by atoms with Gasteiger partial charge in [-0.2, -0.15) is 0 Å². The Morgan fingerprint density at radius 3 is 2.48 bits per heavy atom. The molecule has 1 atom stereocenters. The van der Waals surface area contributed by atoms with Crippen LogP contribution in [0.2, 0.25) is 10.0 Å². The Morgan fingerprint density at radius 1 is 1.11 bits per heavy atom. The van der Waals surface area contributed by atoms with Crippen LogP contribution >= 0.6 is 23.2 Å². The first-order chi connectivity index (χ1) is 12.8. The number of benzene rings is 2. The number of ether oxygens (including phenoxy) is 1. The molecule has 2 rings (SSSR count). The number of halogens is 2. The molecule has 0 aromatic heterocycles. The molecule has 0 spiro atoms. The van der Waals surface area contributed by atoms with Crippen LogP contribution in [0.3, 0.4) is 0 Å². The fourth-order valence-electron chi connectivity index (χ4n) is 2.68. The molecule has 27 heavy (non-hydrogen) atoms. The molecular weight excluding hydrogens is 387 g/mol. The number of amides is 2. The number of hydrogen-bond donors (Lipinski definition) is 1. The molecule has 0 aliphatic rings. The van der Waals surface area contributed by atoms with Gasteiger partial charge in [-0.15, -0.1) is 0 Å². The summed E-state index contributed by atoms with van der Waals surface area (Å²) in [6.07, 6.45) is 0.113. The number of carbonyl (C=O) groups is 2. The molecule has 0 radical (unpaired) electrons. The fourth-order valence-corrected chi connectivity index (χ4v) is 3.01. The van der Waals surface area contributed by atoms with Crippen molar-refractivity contribution in [2.45, 2.75) is 25.9 Å². The minimum atomic E-state index is -0.628. The van der Waals surface area contributed by atoms with Gasteiger partial charge < -0.3 is 15.0 Å². The predicted octanol–water partition coefficient (Wildman–Crippen LogP) is 3.71. The van der Waals surface area contributed by atoms with Gasteiger partial charge in [0.05, 0.1) is 23.6 Å². The normalized spacial score (nSPS) is 11.6. The summed E-state index contributed by atoms with van der Waals surface area (Å²) < 4.78 is 5.24. The monoisotopic (exact) mass is 408 g/mol. The first-order valence-electron chi connectivity index (χ1n) is 8.43. The highest BCUT2D eigenvalue weighted by molar-refractivity contribution is 6.42. The molecule has 0 fully saturated rings. The zero-order chi connectivity index (χ0) is 20.0. The van der Waals surface area contributed by atoms with E-state index in [4.69, 9.17) is 27.9 Å². The summed E-state index contributed by atoms with van der Waals surface area (Å²) >= 11 is 12.0. The molecule has 0 saturated carbocycles. The minimum absolute atomic E-state index is 0.113. The summed E-state index contributed by atoms with van der Waals surface area (Å²) in [6.45, 7) is 1.98. The molecule has 0 unspecified atom stereocenters. The van der Waals surface area contributed by atoms with Gasteiger partial charge in [-0.05, 0) is 42.3 Å². The maximum Gasteiger partial charge on any atom is 0.242 e. The highest BCUT2D eigenvalue weighted by atomic mass is 35.5. The lowest BCUT2D eigenvalue weighted by Crippen LogP contribution is -2.47. The van der Waals surface area contributed by atoms with Crippen molar-refractivity contribution in [1.82, 2.24) is 10.2 Å². The second-order valence-electron chi connectivity index (χ2n) is 6.09. The van der Waals surface area contributed by atoms with Crippen LogP contribution in [0.15, 0.2) is 42.5 Å². The second kappa shape index (κ2) is 9.62. The summed E-state index contributed by atoms with van der Waals surface area (Å²) in [5.41, 5.74) is 1.60. The first kappa shape index (κ1) is 21.1. The van der Waals surface area contributed by atoms with Crippen molar-refractivity contribution in [3.8, 4) is 5.75 Å².